The Morgan fingerprint density at radius 2 is 1.75 bits per heavy atom. The lowest BCUT2D eigenvalue weighted by Crippen LogP contribution is -2.18. The average Bonchev–Trinajstić information content (AvgIpc) is 3.02. The smallest absolute Gasteiger partial charge is 0.335 e. The molecule has 170 valence electrons. The number of aromatic nitrogens is 3. The van der Waals surface area contributed by atoms with Gasteiger partial charge in [-0.25, -0.2) is 22.8 Å². The third-order valence-corrected chi connectivity index (χ3v) is 4.64. The molecule has 0 aliphatic rings. The number of nitrogens with zero attached hydrogens (tertiary/aromatic N) is 3. The van der Waals surface area contributed by atoms with E-state index >= 15 is 0 Å². The van der Waals surface area contributed by atoms with E-state index in [1.807, 2.05) is 0 Å². The van der Waals surface area contributed by atoms with Crippen molar-refractivity contribution in [2.24, 2.45) is 0 Å². The zero-order valence-corrected chi connectivity index (χ0v) is 17.7. The van der Waals surface area contributed by atoms with Crippen LogP contribution in [0.3, 0.4) is 0 Å². The predicted molar refractivity (Wildman–Crippen MR) is 109 cm³/mol. The van der Waals surface area contributed by atoms with Crippen LogP contribution in [0.5, 0.6) is 0 Å². The standard InChI is InChI=1S/C18H14ClF4N5O3S/c1-32(30,31)27-14-4-11(19)3-13(5-14)26-17(29)10-2-15(16-24-6-12(20)7-25-16)28(8-10)9-18(21,22)23/h2-8,27H,9H2,1H3,(H,26,29). The lowest BCUT2D eigenvalue weighted by Gasteiger charge is -2.10. The highest BCUT2D eigenvalue weighted by Gasteiger charge is 2.30. The van der Waals surface area contributed by atoms with E-state index in [0.29, 0.717) is 0 Å². The summed E-state index contributed by atoms with van der Waals surface area (Å²) < 4.78 is 77.8. The van der Waals surface area contributed by atoms with E-state index in [1.54, 1.807) is 0 Å². The molecule has 3 aromatic rings. The maximum Gasteiger partial charge on any atom is 0.406 e. The van der Waals surface area contributed by atoms with Crippen LogP contribution in [0.2, 0.25) is 5.02 Å². The number of anilines is 2. The van der Waals surface area contributed by atoms with Gasteiger partial charge < -0.3 is 9.88 Å². The molecule has 0 saturated heterocycles. The molecule has 0 saturated carbocycles. The number of rotatable bonds is 6. The number of amides is 1. The predicted octanol–water partition coefficient (Wildman–Crippen LogP) is 3.92. The second-order valence-corrected chi connectivity index (χ2v) is 8.82. The van der Waals surface area contributed by atoms with Crippen molar-refractivity contribution in [3.8, 4) is 11.5 Å². The number of carbonyl (C=O) groups excluding carboxylic acids is 1. The Hall–Kier alpha value is -3.19. The Morgan fingerprint density at radius 3 is 2.34 bits per heavy atom. The Labute approximate surface area is 184 Å². The van der Waals surface area contributed by atoms with E-state index in [2.05, 4.69) is 20.0 Å². The summed E-state index contributed by atoms with van der Waals surface area (Å²) in [6.45, 7) is -1.43. The minimum Gasteiger partial charge on any atom is -0.335 e. The van der Waals surface area contributed by atoms with Crippen LogP contribution >= 0.6 is 11.6 Å². The molecule has 0 radical (unpaired) electrons. The Bertz CT molecular complexity index is 1260. The van der Waals surface area contributed by atoms with Crippen LogP contribution in [0, 0.1) is 5.82 Å². The van der Waals surface area contributed by atoms with Crippen molar-refractivity contribution in [1.82, 2.24) is 14.5 Å². The van der Waals surface area contributed by atoms with Gasteiger partial charge in [0.25, 0.3) is 5.91 Å². The van der Waals surface area contributed by atoms with E-state index in [4.69, 9.17) is 11.6 Å². The van der Waals surface area contributed by atoms with Gasteiger partial charge in [-0.2, -0.15) is 13.2 Å². The maximum absolute atomic E-state index is 13.1. The first-order valence-corrected chi connectivity index (χ1v) is 10.9. The first kappa shape index (κ1) is 23.5. The second kappa shape index (κ2) is 8.74. The van der Waals surface area contributed by atoms with E-state index < -0.39 is 34.5 Å². The van der Waals surface area contributed by atoms with Crippen molar-refractivity contribution in [3.05, 3.63) is 59.3 Å². The fourth-order valence-corrected chi connectivity index (χ4v) is 3.51. The van der Waals surface area contributed by atoms with Gasteiger partial charge >= 0.3 is 6.18 Å². The van der Waals surface area contributed by atoms with Crippen molar-refractivity contribution < 1.29 is 30.8 Å². The van der Waals surface area contributed by atoms with Gasteiger partial charge in [0.15, 0.2) is 11.6 Å². The molecule has 3 rings (SSSR count). The molecular weight excluding hydrogens is 478 g/mol. The largest absolute Gasteiger partial charge is 0.406 e. The number of benzene rings is 1. The molecule has 0 aliphatic carbocycles. The Balaban J connectivity index is 1.93. The molecule has 2 aromatic heterocycles. The molecule has 0 fully saturated rings. The third kappa shape index (κ3) is 6.40. The highest BCUT2D eigenvalue weighted by Crippen LogP contribution is 2.27. The number of carbonyl (C=O) groups is 1. The zero-order valence-electron chi connectivity index (χ0n) is 16.1. The van der Waals surface area contributed by atoms with E-state index in [1.165, 1.54) is 18.2 Å². The topological polar surface area (TPSA) is 106 Å². The molecule has 1 amide bonds. The molecule has 2 heterocycles. The van der Waals surface area contributed by atoms with E-state index in [-0.39, 0.29) is 33.5 Å². The summed E-state index contributed by atoms with van der Waals surface area (Å²) in [5, 5.41) is 2.54. The van der Waals surface area contributed by atoms with Crippen molar-refractivity contribution in [2.75, 3.05) is 16.3 Å². The third-order valence-electron chi connectivity index (χ3n) is 3.82. The summed E-state index contributed by atoms with van der Waals surface area (Å²) in [5.74, 6) is -1.79. The zero-order chi connectivity index (χ0) is 23.7. The van der Waals surface area contributed by atoms with E-state index in [9.17, 15) is 30.8 Å². The maximum atomic E-state index is 13.1. The van der Waals surface area contributed by atoms with Gasteiger partial charge in [-0.15, -0.1) is 0 Å². The minimum atomic E-state index is -4.61. The monoisotopic (exact) mass is 491 g/mol. The number of halogens is 5. The van der Waals surface area contributed by atoms with Crippen LogP contribution in [0.1, 0.15) is 10.4 Å². The SMILES string of the molecule is CS(=O)(=O)Nc1cc(Cl)cc(NC(=O)c2cc(-c3ncc(F)cn3)n(CC(F)(F)F)c2)c1. The van der Waals surface area contributed by atoms with Crippen LogP contribution in [-0.4, -0.2) is 41.3 Å². The number of hydrogen-bond donors (Lipinski definition) is 2. The van der Waals surface area contributed by atoms with Crippen molar-refractivity contribution in [2.45, 2.75) is 12.7 Å². The molecule has 32 heavy (non-hydrogen) atoms. The quantitative estimate of drug-likeness (QED) is 0.508. The van der Waals surface area contributed by atoms with Crippen molar-refractivity contribution in [3.63, 3.8) is 0 Å². The number of hydrogen-bond acceptors (Lipinski definition) is 5. The first-order chi connectivity index (χ1) is 14.8. The molecule has 0 atom stereocenters. The van der Waals surface area contributed by atoms with Gasteiger partial charge in [-0.3, -0.25) is 9.52 Å². The lowest BCUT2D eigenvalue weighted by molar-refractivity contribution is -0.140. The van der Waals surface area contributed by atoms with Crippen LogP contribution in [0.25, 0.3) is 11.5 Å². The highest BCUT2D eigenvalue weighted by atomic mass is 35.5. The summed E-state index contributed by atoms with van der Waals surface area (Å²) >= 11 is 5.94. The van der Waals surface area contributed by atoms with Gasteiger partial charge in [0.05, 0.1) is 35.6 Å². The fourth-order valence-electron chi connectivity index (χ4n) is 2.73. The molecule has 14 heteroatoms. The van der Waals surface area contributed by atoms with Crippen LogP contribution in [-0.2, 0) is 16.6 Å². The summed E-state index contributed by atoms with van der Waals surface area (Å²) in [6, 6.07) is 5.03. The van der Waals surface area contributed by atoms with Gasteiger partial charge in [0.2, 0.25) is 10.0 Å². The molecule has 0 aliphatic heterocycles. The minimum absolute atomic E-state index is 0.0744. The molecule has 8 nitrogen and oxygen atoms in total. The average molecular weight is 492 g/mol. The number of nitrogens with one attached hydrogen (secondary N) is 2. The molecular formula is C18H14ClF4N5O3S. The van der Waals surface area contributed by atoms with Crippen LogP contribution < -0.4 is 10.0 Å². The summed E-state index contributed by atoms with van der Waals surface area (Å²) in [6.07, 6.45) is -1.16. The number of sulfonamides is 1. The van der Waals surface area contributed by atoms with Crippen molar-refractivity contribution >= 4 is 38.9 Å². The second-order valence-electron chi connectivity index (χ2n) is 6.64. The molecule has 2 N–H and O–H groups in total. The highest BCUT2D eigenvalue weighted by molar-refractivity contribution is 7.92. The fraction of sp³-hybridized carbons (Fsp3) is 0.167. The molecule has 0 unspecified atom stereocenters. The Kier molecular flexibility index (Phi) is 6.41. The summed E-state index contributed by atoms with van der Waals surface area (Å²) in [5.41, 5.74) is -0.157. The van der Waals surface area contributed by atoms with Gasteiger partial charge in [0.1, 0.15) is 6.54 Å². The molecule has 1 aromatic carbocycles. The van der Waals surface area contributed by atoms with E-state index in [0.717, 1.165) is 35.5 Å². The summed E-state index contributed by atoms with van der Waals surface area (Å²) in [4.78, 5) is 20.0. The lowest BCUT2D eigenvalue weighted by atomic mass is 10.2. The number of alkyl halides is 3. The van der Waals surface area contributed by atoms with Crippen LogP contribution in [0.15, 0.2) is 42.9 Å². The molecule has 0 bridgehead atoms. The Morgan fingerprint density at radius 1 is 1.12 bits per heavy atom. The molecule has 0 spiro atoms. The van der Waals surface area contributed by atoms with Gasteiger partial charge in [-0.1, -0.05) is 11.6 Å². The normalized spacial score (nSPS) is 11.9. The van der Waals surface area contributed by atoms with Gasteiger partial charge in [0, 0.05) is 16.9 Å². The summed E-state index contributed by atoms with van der Waals surface area (Å²) in [7, 11) is -3.62. The van der Waals surface area contributed by atoms with Crippen LogP contribution in [0.4, 0.5) is 28.9 Å². The van der Waals surface area contributed by atoms with Gasteiger partial charge in [-0.05, 0) is 24.3 Å². The first-order valence-electron chi connectivity index (χ1n) is 8.64. The van der Waals surface area contributed by atoms with Crippen molar-refractivity contribution in [1.29, 1.82) is 0 Å².